The summed E-state index contributed by atoms with van der Waals surface area (Å²) in [5.74, 6) is 1.80. The van der Waals surface area contributed by atoms with Crippen molar-refractivity contribution >= 4 is 27.9 Å². The third kappa shape index (κ3) is 3.70. The van der Waals surface area contributed by atoms with Crippen molar-refractivity contribution in [2.45, 2.75) is 13.2 Å². The van der Waals surface area contributed by atoms with Crippen molar-refractivity contribution in [3.05, 3.63) is 115 Å². The quantitative estimate of drug-likeness (QED) is 0.332. The number of para-hydroxylation sites is 2. The van der Waals surface area contributed by atoms with Gasteiger partial charge in [-0.15, -0.1) is 0 Å². The van der Waals surface area contributed by atoms with Crippen molar-refractivity contribution in [1.29, 1.82) is 0 Å². The molecule has 0 fully saturated rings. The highest BCUT2D eigenvalue weighted by Crippen LogP contribution is 2.26. The summed E-state index contributed by atoms with van der Waals surface area (Å²) < 4.78 is 8.45. The molecule has 0 radical (unpaired) electrons. The van der Waals surface area contributed by atoms with Crippen LogP contribution in [0.5, 0.6) is 5.75 Å². The fraction of sp³-hybridized carbons (Fsp3) is 0.0741. The lowest BCUT2D eigenvalue weighted by Gasteiger charge is -2.11. The van der Waals surface area contributed by atoms with E-state index in [0.717, 1.165) is 34.5 Å². The topological polar surface area (TPSA) is 27.1 Å². The predicted molar refractivity (Wildman–Crippen MR) is 123 cm³/mol. The maximum atomic E-state index is 6.23. The lowest BCUT2D eigenvalue weighted by molar-refractivity contribution is 0.295. The SMILES string of the molecule is C(=C\c1ccccc1)/Cn1c(COc2cccc3ccccc23)nc2ccccc21. The first kappa shape index (κ1) is 18.2. The number of hydrogen-bond acceptors (Lipinski definition) is 2. The van der Waals surface area contributed by atoms with Gasteiger partial charge in [0, 0.05) is 11.9 Å². The molecule has 0 amide bonds. The van der Waals surface area contributed by atoms with Gasteiger partial charge in [-0.3, -0.25) is 0 Å². The molecule has 3 heteroatoms. The lowest BCUT2D eigenvalue weighted by Crippen LogP contribution is -2.06. The predicted octanol–water partition coefficient (Wildman–Crippen LogP) is 6.48. The van der Waals surface area contributed by atoms with E-state index < -0.39 is 0 Å². The van der Waals surface area contributed by atoms with Crippen LogP contribution in [-0.4, -0.2) is 9.55 Å². The molecule has 0 N–H and O–H groups in total. The Morgan fingerprint density at radius 3 is 2.47 bits per heavy atom. The molecule has 0 aliphatic carbocycles. The van der Waals surface area contributed by atoms with Crippen LogP contribution in [0.2, 0.25) is 0 Å². The van der Waals surface area contributed by atoms with Gasteiger partial charge >= 0.3 is 0 Å². The van der Waals surface area contributed by atoms with Gasteiger partial charge in [-0.2, -0.15) is 0 Å². The van der Waals surface area contributed by atoms with Gasteiger partial charge in [-0.05, 0) is 29.1 Å². The van der Waals surface area contributed by atoms with Crippen LogP contribution in [0.4, 0.5) is 0 Å². The Morgan fingerprint density at radius 1 is 0.767 bits per heavy atom. The molecule has 1 aromatic heterocycles. The van der Waals surface area contributed by atoms with Crippen LogP contribution in [0.15, 0.2) is 103 Å². The molecule has 5 rings (SSSR count). The maximum Gasteiger partial charge on any atom is 0.148 e. The number of hydrogen-bond donors (Lipinski definition) is 0. The summed E-state index contributed by atoms with van der Waals surface area (Å²) in [5, 5.41) is 2.29. The first-order chi connectivity index (χ1) is 14.9. The first-order valence-electron chi connectivity index (χ1n) is 10.1. The Morgan fingerprint density at radius 2 is 1.53 bits per heavy atom. The van der Waals surface area contributed by atoms with Gasteiger partial charge in [0.2, 0.25) is 0 Å². The minimum absolute atomic E-state index is 0.419. The first-order valence-corrected chi connectivity index (χ1v) is 10.1. The van der Waals surface area contributed by atoms with Crippen molar-refractivity contribution in [1.82, 2.24) is 9.55 Å². The Labute approximate surface area is 175 Å². The summed E-state index contributed by atoms with van der Waals surface area (Å²) in [6.07, 6.45) is 4.31. The summed E-state index contributed by atoms with van der Waals surface area (Å²) in [6.45, 7) is 1.16. The minimum atomic E-state index is 0.419. The van der Waals surface area contributed by atoms with Crippen molar-refractivity contribution in [3.63, 3.8) is 0 Å². The van der Waals surface area contributed by atoms with Crippen molar-refractivity contribution in [2.24, 2.45) is 0 Å². The van der Waals surface area contributed by atoms with Gasteiger partial charge in [0.1, 0.15) is 18.2 Å². The van der Waals surface area contributed by atoms with E-state index in [1.807, 2.05) is 42.5 Å². The Balaban J connectivity index is 1.43. The minimum Gasteiger partial charge on any atom is -0.485 e. The fourth-order valence-electron chi connectivity index (χ4n) is 3.76. The molecule has 4 aromatic carbocycles. The number of nitrogens with zero attached hydrogens (tertiary/aromatic N) is 2. The van der Waals surface area contributed by atoms with Gasteiger partial charge in [0.15, 0.2) is 0 Å². The van der Waals surface area contributed by atoms with E-state index >= 15 is 0 Å². The Hall–Kier alpha value is -3.85. The molecule has 30 heavy (non-hydrogen) atoms. The molecule has 0 atom stereocenters. The third-order valence-electron chi connectivity index (χ3n) is 5.24. The van der Waals surface area contributed by atoms with Crippen molar-refractivity contribution in [2.75, 3.05) is 0 Å². The third-order valence-corrected chi connectivity index (χ3v) is 5.24. The molecule has 0 spiro atoms. The zero-order chi connectivity index (χ0) is 20.2. The molecular formula is C27H22N2O. The van der Waals surface area contributed by atoms with E-state index in [2.05, 4.69) is 71.3 Å². The van der Waals surface area contributed by atoms with Gasteiger partial charge < -0.3 is 9.30 Å². The van der Waals surface area contributed by atoms with Gasteiger partial charge in [0.25, 0.3) is 0 Å². The number of rotatable bonds is 6. The monoisotopic (exact) mass is 390 g/mol. The summed E-state index contributed by atoms with van der Waals surface area (Å²) in [4.78, 5) is 4.84. The number of imidazole rings is 1. The second kappa shape index (κ2) is 8.26. The van der Waals surface area contributed by atoms with Crippen LogP contribution in [0.3, 0.4) is 0 Å². The molecular weight excluding hydrogens is 368 g/mol. The van der Waals surface area contributed by atoms with Crippen LogP contribution in [-0.2, 0) is 13.2 Å². The molecule has 0 saturated heterocycles. The van der Waals surface area contributed by atoms with Crippen molar-refractivity contribution < 1.29 is 4.74 Å². The fourth-order valence-corrected chi connectivity index (χ4v) is 3.76. The number of aromatic nitrogens is 2. The van der Waals surface area contributed by atoms with Crippen LogP contribution in [0.1, 0.15) is 11.4 Å². The Kier molecular flexibility index (Phi) is 5.01. The Bertz CT molecular complexity index is 1310. The average Bonchev–Trinajstić information content (AvgIpc) is 3.16. The smallest absolute Gasteiger partial charge is 0.148 e. The highest BCUT2D eigenvalue weighted by atomic mass is 16.5. The molecule has 0 bridgehead atoms. The van der Waals surface area contributed by atoms with Crippen molar-refractivity contribution in [3.8, 4) is 5.75 Å². The van der Waals surface area contributed by atoms with Gasteiger partial charge in [0.05, 0.1) is 11.0 Å². The summed E-state index contributed by atoms with van der Waals surface area (Å²) in [6, 6.07) is 33.0. The highest BCUT2D eigenvalue weighted by molar-refractivity contribution is 5.88. The zero-order valence-electron chi connectivity index (χ0n) is 16.6. The number of allylic oxidation sites excluding steroid dienone is 1. The number of fused-ring (bicyclic) bond motifs is 2. The summed E-state index contributed by atoms with van der Waals surface area (Å²) in [7, 11) is 0. The molecule has 0 aliphatic heterocycles. The van der Waals surface area contributed by atoms with E-state index in [1.54, 1.807) is 0 Å². The molecule has 0 saturated carbocycles. The van der Waals surface area contributed by atoms with Crippen LogP contribution < -0.4 is 4.74 Å². The molecule has 0 unspecified atom stereocenters. The molecule has 1 heterocycles. The van der Waals surface area contributed by atoms with Crippen LogP contribution >= 0.6 is 0 Å². The van der Waals surface area contributed by atoms with E-state index in [-0.39, 0.29) is 0 Å². The summed E-state index contributed by atoms with van der Waals surface area (Å²) in [5.41, 5.74) is 3.30. The van der Waals surface area contributed by atoms with Crippen LogP contribution in [0.25, 0.3) is 27.9 Å². The highest BCUT2D eigenvalue weighted by Gasteiger charge is 2.11. The summed E-state index contributed by atoms with van der Waals surface area (Å²) >= 11 is 0. The molecule has 5 aromatic rings. The molecule has 3 nitrogen and oxygen atoms in total. The molecule has 146 valence electrons. The number of benzene rings is 4. The lowest BCUT2D eigenvalue weighted by atomic mass is 10.1. The van der Waals surface area contributed by atoms with E-state index in [0.29, 0.717) is 6.61 Å². The zero-order valence-corrected chi connectivity index (χ0v) is 16.6. The molecule has 0 aliphatic rings. The largest absolute Gasteiger partial charge is 0.485 e. The average molecular weight is 390 g/mol. The maximum absolute atomic E-state index is 6.23. The van der Waals surface area contributed by atoms with E-state index in [4.69, 9.17) is 9.72 Å². The normalized spacial score (nSPS) is 11.5. The van der Waals surface area contributed by atoms with E-state index in [1.165, 1.54) is 10.9 Å². The second-order valence-corrected chi connectivity index (χ2v) is 7.21. The van der Waals surface area contributed by atoms with E-state index in [9.17, 15) is 0 Å². The van der Waals surface area contributed by atoms with Gasteiger partial charge in [-0.25, -0.2) is 4.98 Å². The standard InChI is InChI=1S/C27H22N2O/c1-2-10-21(11-3-1)12-9-19-29-25-17-7-6-16-24(25)28-27(29)20-30-26-18-8-14-22-13-4-5-15-23(22)26/h1-18H,19-20H2/b12-9+. The van der Waals surface area contributed by atoms with Gasteiger partial charge in [-0.1, -0.05) is 91.0 Å². The van der Waals surface area contributed by atoms with Crippen LogP contribution in [0, 0.1) is 0 Å². The second-order valence-electron chi connectivity index (χ2n) is 7.21. The number of ether oxygens (including phenoxy) is 1.